The highest BCUT2D eigenvalue weighted by Gasteiger charge is 2.22. The minimum atomic E-state index is -0.711. The number of Topliss-reactive ketones (excluding diaryl/α,β-unsaturated/α-hetero) is 2. The summed E-state index contributed by atoms with van der Waals surface area (Å²) in [6.45, 7) is 0. The first-order valence-electron chi connectivity index (χ1n) is 6.96. The second-order valence-corrected chi connectivity index (χ2v) is 5.05. The predicted octanol–water partition coefficient (Wildman–Crippen LogP) is 1.57. The van der Waals surface area contributed by atoms with Crippen LogP contribution in [0.3, 0.4) is 0 Å². The lowest BCUT2D eigenvalue weighted by Crippen LogP contribution is -2.18. The fraction of sp³-hybridized carbons (Fsp3) is 0.125. The molecular weight excluding hydrogens is 296 g/mol. The molecule has 1 aromatic carbocycles. The lowest BCUT2D eigenvalue weighted by atomic mass is 10.0. The summed E-state index contributed by atoms with van der Waals surface area (Å²) in [6.07, 6.45) is 3.17. The molecule has 0 unspecified atom stereocenters. The van der Waals surface area contributed by atoms with Crippen molar-refractivity contribution in [3.8, 4) is 0 Å². The maximum atomic E-state index is 12.0. The van der Waals surface area contributed by atoms with Crippen LogP contribution in [0.4, 0.5) is 5.69 Å². The quantitative estimate of drug-likeness (QED) is 0.405. The minimum absolute atomic E-state index is 0.0679. The Morgan fingerprint density at radius 2 is 1.96 bits per heavy atom. The number of nitrogen functional groups attached to an aromatic ring is 1. The molecule has 0 aliphatic carbocycles. The van der Waals surface area contributed by atoms with Crippen molar-refractivity contribution < 1.29 is 14.0 Å². The summed E-state index contributed by atoms with van der Waals surface area (Å²) in [5.41, 5.74) is 8.24. The summed E-state index contributed by atoms with van der Waals surface area (Å²) in [4.78, 5) is 27.6. The fourth-order valence-electron chi connectivity index (χ4n) is 2.21. The van der Waals surface area contributed by atoms with Crippen LogP contribution >= 0.6 is 0 Å². The molecule has 3 N–H and O–H groups in total. The van der Waals surface area contributed by atoms with Gasteiger partial charge in [-0.3, -0.25) is 14.7 Å². The number of carbonyl (C=O) groups excluding carboxylic acids is 2. The van der Waals surface area contributed by atoms with Crippen LogP contribution < -0.4 is 5.73 Å². The van der Waals surface area contributed by atoms with Crippen molar-refractivity contribution in [2.24, 2.45) is 0 Å². The van der Waals surface area contributed by atoms with Crippen LogP contribution in [0.5, 0.6) is 0 Å². The molecule has 2 heterocycles. The molecule has 0 radical (unpaired) electrons. The Labute approximate surface area is 131 Å². The van der Waals surface area contributed by atoms with Gasteiger partial charge in [-0.1, -0.05) is 12.1 Å². The number of nitrogens with two attached hydrogens (primary N) is 1. The first-order chi connectivity index (χ1) is 11.1. The number of rotatable bonds is 6. The number of nitrogens with zero attached hydrogens (tertiary/aromatic N) is 2. The first-order valence-corrected chi connectivity index (χ1v) is 6.96. The molecule has 2 aromatic heterocycles. The van der Waals surface area contributed by atoms with Gasteiger partial charge in [0.15, 0.2) is 5.82 Å². The van der Waals surface area contributed by atoms with E-state index in [0.717, 1.165) is 11.1 Å². The molecule has 7 nitrogen and oxygen atoms in total. The summed E-state index contributed by atoms with van der Waals surface area (Å²) < 4.78 is 5.35. The van der Waals surface area contributed by atoms with Gasteiger partial charge in [-0.25, -0.2) is 4.98 Å². The summed E-state index contributed by atoms with van der Waals surface area (Å²) in [5, 5.41) is 5.94. The average molecular weight is 310 g/mol. The van der Waals surface area contributed by atoms with Gasteiger partial charge in [-0.15, -0.1) is 0 Å². The lowest BCUT2D eigenvalue weighted by molar-refractivity contribution is -0.114. The Morgan fingerprint density at radius 1 is 1.17 bits per heavy atom. The third kappa shape index (κ3) is 3.34. The molecule has 116 valence electrons. The lowest BCUT2D eigenvalue weighted by Gasteiger charge is -2.03. The van der Waals surface area contributed by atoms with E-state index in [1.807, 2.05) is 24.3 Å². The first kappa shape index (κ1) is 14.7. The van der Waals surface area contributed by atoms with E-state index in [9.17, 15) is 9.59 Å². The molecule has 0 spiro atoms. The van der Waals surface area contributed by atoms with E-state index in [2.05, 4.69) is 15.2 Å². The topological polar surface area (TPSA) is 115 Å². The fourth-order valence-corrected chi connectivity index (χ4v) is 2.21. The van der Waals surface area contributed by atoms with Crippen LogP contribution in [0.1, 0.15) is 27.5 Å². The van der Waals surface area contributed by atoms with Crippen LogP contribution in [-0.4, -0.2) is 26.7 Å². The molecule has 23 heavy (non-hydrogen) atoms. The van der Waals surface area contributed by atoms with Crippen molar-refractivity contribution in [2.75, 3.05) is 5.73 Å². The summed E-state index contributed by atoms with van der Waals surface area (Å²) >= 11 is 0. The van der Waals surface area contributed by atoms with Crippen molar-refractivity contribution >= 4 is 17.3 Å². The third-order valence-electron chi connectivity index (χ3n) is 3.42. The van der Waals surface area contributed by atoms with Gasteiger partial charge in [-0.2, -0.15) is 5.10 Å². The van der Waals surface area contributed by atoms with Gasteiger partial charge in [-0.05, 0) is 29.3 Å². The number of carbonyl (C=O) groups is 2. The Kier molecular flexibility index (Phi) is 4.01. The largest absolute Gasteiger partial charge is 0.469 e. The number of nitrogens with one attached hydrogen (secondary N) is 1. The minimum Gasteiger partial charge on any atom is -0.469 e. The SMILES string of the molecule is Nc1ccc(Cc2ccoc2CC(=O)C(=O)c2ncn[nH]2)cc1. The van der Waals surface area contributed by atoms with Crippen LogP contribution in [0.2, 0.25) is 0 Å². The van der Waals surface area contributed by atoms with Gasteiger partial charge in [0.2, 0.25) is 5.78 Å². The number of benzene rings is 1. The second kappa shape index (κ2) is 6.27. The van der Waals surface area contributed by atoms with Crippen molar-refractivity contribution in [1.29, 1.82) is 0 Å². The number of anilines is 1. The average Bonchev–Trinajstić information content (AvgIpc) is 3.21. The molecule has 7 heteroatoms. The molecule has 0 fully saturated rings. The molecular formula is C16H14N4O3. The van der Waals surface area contributed by atoms with E-state index in [0.29, 0.717) is 17.9 Å². The van der Waals surface area contributed by atoms with Gasteiger partial charge in [0.1, 0.15) is 12.1 Å². The van der Waals surface area contributed by atoms with E-state index in [-0.39, 0.29) is 12.2 Å². The zero-order chi connectivity index (χ0) is 16.2. The van der Waals surface area contributed by atoms with E-state index in [1.165, 1.54) is 12.6 Å². The number of aromatic amines is 1. The molecule has 0 bridgehead atoms. The van der Waals surface area contributed by atoms with Crippen molar-refractivity contribution in [2.45, 2.75) is 12.8 Å². The monoisotopic (exact) mass is 310 g/mol. The van der Waals surface area contributed by atoms with E-state index in [4.69, 9.17) is 10.2 Å². The number of aromatic nitrogens is 3. The molecule has 0 aliphatic heterocycles. The molecule has 3 rings (SSSR count). The standard InChI is InChI=1S/C16H14N4O3/c17-12-3-1-10(2-4-12)7-11-5-6-23-14(11)8-13(21)15(22)16-18-9-19-20-16/h1-6,9H,7-8,17H2,(H,18,19,20). The molecule has 0 saturated heterocycles. The normalized spacial score (nSPS) is 10.6. The smallest absolute Gasteiger partial charge is 0.265 e. The maximum Gasteiger partial charge on any atom is 0.265 e. The van der Waals surface area contributed by atoms with Gasteiger partial charge >= 0.3 is 0 Å². The summed E-state index contributed by atoms with van der Waals surface area (Å²) in [7, 11) is 0. The van der Waals surface area contributed by atoms with E-state index >= 15 is 0 Å². The number of hydrogen-bond donors (Lipinski definition) is 2. The molecule has 0 amide bonds. The van der Waals surface area contributed by atoms with E-state index in [1.54, 1.807) is 6.07 Å². The van der Waals surface area contributed by atoms with Crippen molar-refractivity contribution in [3.05, 3.63) is 65.6 Å². The highest BCUT2D eigenvalue weighted by Crippen LogP contribution is 2.18. The zero-order valence-corrected chi connectivity index (χ0v) is 12.2. The number of H-pyrrole nitrogens is 1. The molecule has 0 saturated carbocycles. The van der Waals surface area contributed by atoms with Gasteiger partial charge < -0.3 is 10.2 Å². The van der Waals surface area contributed by atoms with Gasteiger partial charge in [0.25, 0.3) is 5.78 Å². The highest BCUT2D eigenvalue weighted by molar-refractivity contribution is 6.43. The predicted molar refractivity (Wildman–Crippen MR) is 81.8 cm³/mol. The molecule has 0 aliphatic rings. The molecule has 3 aromatic rings. The van der Waals surface area contributed by atoms with Crippen molar-refractivity contribution in [1.82, 2.24) is 15.2 Å². The Bertz CT molecular complexity index is 819. The number of ketones is 2. The number of hydrogen-bond acceptors (Lipinski definition) is 6. The third-order valence-corrected chi connectivity index (χ3v) is 3.42. The van der Waals surface area contributed by atoms with Crippen LogP contribution in [-0.2, 0) is 17.6 Å². The summed E-state index contributed by atoms with van der Waals surface area (Å²) in [6, 6.07) is 9.24. The maximum absolute atomic E-state index is 12.0. The Hall–Kier alpha value is -3.22. The molecule has 0 atom stereocenters. The van der Waals surface area contributed by atoms with Crippen LogP contribution in [0, 0.1) is 0 Å². The van der Waals surface area contributed by atoms with E-state index < -0.39 is 11.6 Å². The number of furan rings is 1. The Morgan fingerprint density at radius 3 is 2.65 bits per heavy atom. The van der Waals surface area contributed by atoms with Gasteiger partial charge in [0, 0.05) is 12.1 Å². The Balaban J connectivity index is 1.72. The van der Waals surface area contributed by atoms with Crippen LogP contribution in [0.25, 0.3) is 0 Å². The van der Waals surface area contributed by atoms with Crippen molar-refractivity contribution in [3.63, 3.8) is 0 Å². The van der Waals surface area contributed by atoms with Gasteiger partial charge in [0.05, 0.1) is 12.7 Å². The zero-order valence-electron chi connectivity index (χ0n) is 12.2. The van der Waals surface area contributed by atoms with Crippen LogP contribution in [0.15, 0.2) is 47.3 Å². The summed E-state index contributed by atoms with van der Waals surface area (Å²) in [5.74, 6) is -0.908. The highest BCUT2D eigenvalue weighted by atomic mass is 16.3. The second-order valence-electron chi connectivity index (χ2n) is 5.05.